The van der Waals surface area contributed by atoms with E-state index in [0.717, 1.165) is 0 Å². The fourth-order valence-corrected chi connectivity index (χ4v) is 1.48. The number of ether oxygens (including phenoxy) is 1. The second-order valence-corrected chi connectivity index (χ2v) is 3.41. The van der Waals surface area contributed by atoms with Crippen LogP contribution in [0.5, 0.6) is 0 Å². The number of hydrogen-bond donors (Lipinski definition) is 2. The average Bonchev–Trinajstić information content (AvgIpc) is 2.73. The van der Waals surface area contributed by atoms with E-state index in [4.69, 9.17) is 0 Å². The van der Waals surface area contributed by atoms with E-state index < -0.39 is 5.97 Å². The number of nitrogens with one attached hydrogen (secondary N) is 2. The van der Waals surface area contributed by atoms with Crippen LogP contribution in [0.25, 0.3) is 0 Å². The molecule has 0 aliphatic rings. The summed E-state index contributed by atoms with van der Waals surface area (Å²) < 4.78 is 4.49. The Balaban J connectivity index is 2.53. The van der Waals surface area contributed by atoms with Gasteiger partial charge in [-0.2, -0.15) is 0 Å². The molecule has 0 aromatic carbocycles. The van der Waals surface area contributed by atoms with Crippen LogP contribution in [0.2, 0.25) is 0 Å². The number of likely N-dealkylation sites (N-methyl/N-ethyl adjacent to an activating group) is 1. The lowest BCUT2D eigenvalue weighted by atomic mass is 10.5. The molecular weight excluding hydrogens is 218 g/mol. The molecule has 0 saturated carbocycles. The van der Waals surface area contributed by atoms with Crippen LogP contribution in [0.15, 0.2) is 5.38 Å². The lowest BCUT2D eigenvalue weighted by molar-refractivity contribution is -0.118. The van der Waals surface area contributed by atoms with E-state index in [0.29, 0.717) is 5.13 Å². The summed E-state index contributed by atoms with van der Waals surface area (Å²) in [6, 6.07) is 0. The molecule has 0 unspecified atom stereocenters. The molecule has 2 N–H and O–H groups in total. The van der Waals surface area contributed by atoms with Crippen molar-refractivity contribution in [1.29, 1.82) is 0 Å². The molecule has 1 aromatic rings. The molecule has 15 heavy (non-hydrogen) atoms. The number of carbonyl (C=O) groups is 2. The van der Waals surface area contributed by atoms with Crippen molar-refractivity contribution >= 4 is 28.3 Å². The summed E-state index contributed by atoms with van der Waals surface area (Å²) >= 11 is 1.24. The lowest BCUT2D eigenvalue weighted by Gasteiger charge is -1.99. The Morgan fingerprint density at radius 1 is 1.60 bits per heavy atom. The minimum Gasteiger partial charge on any atom is -0.464 e. The van der Waals surface area contributed by atoms with Gasteiger partial charge in [-0.05, 0) is 0 Å². The van der Waals surface area contributed by atoms with Gasteiger partial charge < -0.3 is 15.4 Å². The van der Waals surface area contributed by atoms with Crippen molar-refractivity contribution in [2.45, 2.75) is 0 Å². The molecule has 1 amide bonds. The third kappa shape index (κ3) is 3.21. The maximum atomic E-state index is 11.0. The molecule has 0 atom stereocenters. The van der Waals surface area contributed by atoms with Crippen molar-refractivity contribution in [2.75, 3.05) is 26.0 Å². The first-order valence-corrected chi connectivity index (χ1v) is 5.03. The van der Waals surface area contributed by atoms with Crippen molar-refractivity contribution in [3.05, 3.63) is 11.1 Å². The van der Waals surface area contributed by atoms with Crippen LogP contribution in [0.3, 0.4) is 0 Å². The molecule has 0 radical (unpaired) electrons. The molecule has 6 nitrogen and oxygen atoms in total. The second-order valence-electron chi connectivity index (χ2n) is 2.56. The van der Waals surface area contributed by atoms with Gasteiger partial charge in [-0.25, -0.2) is 9.78 Å². The first-order chi connectivity index (χ1) is 7.17. The zero-order chi connectivity index (χ0) is 11.3. The van der Waals surface area contributed by atoms with E-state index in [9.17, 15) is 9.59 Å². The highest BCUT2D eigenvalue weighted by Crippen LogP contribution is 2.15. The predicted octanol–water partition coefficient (Wildman–Crippen LogP) is 0.0876. The summed E-state index contributed by atoms with van der Waals surface area (Å²) in [5, 5.41) is 7.32. The normalized spacial score (nSPS) is 9.47. The molecule has 82 valence electrons. The molecule has 0 spiro atoms. The summed E-state index contributed by atoms with van der Waals surface area (Å²) in [5.41, 5.74) is 0.238. The minimum atomic E-state index is -0.487. The highest BCUT2D eigenvalue weighted by atomic mass is 32.1. The number of rotatable bonds is 4. The third-order valence-electron chi connectivity index (χ3n) is 1.58. The number of anilines is 1. The van der Waals surface area contributed by atoms with Crippen LogP contribution in [0.4, 0.5) is 5.13 Å². The Morgan fingerprint density at radius 2 is 2.33 bits per heavy atom. The minimum absolute atomic E-state index is 0.130. The Morgan fingerprint density at radius 3 is 2.93 bits per heavy atom. The van der Waals surface area contributed by atoms with Crippen LogP contribution in [-0.4, -0.2) is 37.6 Å². The summed E-state index contributed by atoms with van der Waals surface area (Å²) in [6.45, 7) is 0.130. The van der Waals surface area contributed by atoms with Crippen molar-refractivity contribution in [3.63, 3.8) is 0 Å². The first kappa shape index (κ1) is 11.4. The smallest absolute Gasteiger partial charge is 0.357 e. The molecule has 0 aliphatic heterocycles. The number of nitrogens with zero attached hydrogens (tertiary/aromatic N) is 1. The number of amides is 1. The summed E-state index contributed by atoms with van der Waals surface area (Å²) in [7, 11) is 2.84. The van der Waals surface area contributed by atoms with Gasteiger partial charge in [-0.3, -0.25) is 4.79 Å². The first-order valence-electron chi connectivity index (χ1n) is 4.15. The topological polar surface area (TPSA) is 80.3 Å². The predicted molar refractivity (Wildman–Crippen MR) is 56.0 cm³/mol. The number of esters is 1. The fraction of sp³-hybridized carbons (Fsp3) is 0.375. The Hall–Kier alpha value is -1.63. The molecule has 1 rings (SSSR count). The van der Waals surface area contributed by atoms with Crippen molar-refractivity contribution < 1.29 is 14.3 Å². The maximum absolute atomic E-state index is 11.0. The molecule has 0 bridgehead atoms. The standard InChI is InChI=1S/C8H11N3O3S/c1-9-6(12)3-10-8-11-5(4-15-8)7(13)14-2/h4H,3H2,1-2H3,(H,9,12)(H,10,11). The molecule has 7 heteroatoms. The molecule has 0 aliphatic carbocycles. The Labute approximate surface area is 90.7 Å². The van der Waals surface area contributed by atoms with E-state index in [1.807, 2.05) is 0 Å². The van der Waals surface area contributed by atoms with E-state index >= 15 is 0 Å². The number of methoxy groups -OCH3 is 1. The van der Waals surface area contributed by atoms with Crippen LogP contribution in [0, 0.1) is 0 Å². The Kier molecular flexibility index (Phi) is 4.04. The SMILES string of the molecule is CNC(=O)CNc1nc(C(=O)OC)cs1. The summed E-state index contributed by atoms with van der Waals surface area (Å²) in [4.78, 5) is 25.9. The van der Waals surface area contributed by atoms with E-state index in [2.05, 4.69) is 20.4 Å². The van der Waals surface area contributed by atoms with Crippen molar-refractivity contribution in [2.24, 2.45) is 0 Å². The second kappa shape index (κ2) is 5.30. The Bertz CT molecular complexity index is 364. The summed E-state index contributed by atoms with van der Waals surface area (Å²) in [5.74, 6) is -0.635. The van der Waals surface area contributed by atoms with Gasteiger partial charge in [0, 0.05) is 12.4 Å². The van der Waals surface area contributed by atoms with Crippen LogP contribution >= 0.6 is 11.3 Å². The van der Waals surface area contributed by atoms with Gasteiger partial charge in [-0.1, -0.05) is 0 Å². The van der Waals surface area contributed by atoms with Gasteiger partial charge in [0.1, 0.15) is 0 Å². The lowest BCUT2D eigenvalue weighted by Crippen LogP contribution is -2.26. The molecule has 0 saturated heterocycles. The third-order valence-corrected chi connectivity index (χ3v) is 2.38. The van der Waals surface area contributed by atoms with Gasteiger partial charge >= 0.3 is 5.97 Å². The number of thiazole rings is 1. The number of hydrogen-bond acceptors (Lipinski definition) is 6. The maximum Gasteiger partial charge on any atom is 0.357 e. The monoisotopic (exact) mass is 229 g/mol. The van der Waals surface area contributed by atoms with E-state index in [1.165, 1.54) is 18.4 Å². The van der Waals surface area contributed by atoms with Crippen molar-refractivity contribution in [1.82, 2.24) is 10.3 Å². The molecular formula is C8H11N3O3S. The largest absolute Gasteiger partial charge is 0.464 e. The fourth-order valence-electron chi connectivity index (χ4n) is 0.798. The van der Waals surface area contributed by atoms with E-state index in [1.54, 1.807) is 12.4 Å². The highest BCUT2D eigenvalue weighted by Gasteiger charge is 2.10. The van der Waals surface area contributed by atoms with Gasteiger partial charge in [0.25, 0.3) is 0 Å². The van der Waals surface area contributed by atoms with Crippen LogP contribution in [0.1, 0.15) is 10.5 Å². The molecule has 1 aromatic heterocycles. The van der Waals surface area contributed by atoms with Gasteiger partial charge in [-0.15, -0.1) is 11.3 Å². The van der Waals surface area contributed by atoms with E-state index in [-0.39, 0.29) is 18.1 Å². The number of carbonyl (C=O) groups excluding carboxylic acids is 2. The van der Waals surface area contributed by atoms with Crippen molar-refractivity contribution in [3.8, 4) is 0 Å². The van der Waals surface area contributed by atoms with Gasteiger partial charge in [0.2, 0.25) is 5.91 Å². The average molecular weight is 229 g/mol. The number of aromatic nitrogens is 1. The quantitative estimate of drug-likeness (QED) is 0.715. The van der Waals surface area contributed by atoms with Crippen LogP contribution < -0.4 is 10.6 Å². The highest BCUT2D eigenvalue weighted by molar-refractivity contribution is 7.13. The van der Waals surface area contributed by atoms with Gasteiger partial charge in [0.15, 0.2) is 10.8 Å². The molecule has 0 fully saturated rings. The van der Waals surface area contributed by atoms with Crippen LogP contribution in [-0.2, 0) is 9.53 Å². The molecule has 1 heterocycles. The summed E-state index contributed by atoms with van der Waals surface area (Å²) in [6.07, 6.45) is 0. The van der Waals surface area contributed by atoms with Gasteiger partial charge in [0.05, 0.1) is 13.7 Å². The zero-order valence-corrected chi connectivity index (χ0v) is 9.18. The zero-order valence-electron chi connectivity index (χ0n) is 8.36.